The molecule has 7 nitrogen and oxygen atoms in total. The minimum atomic E-state index is -0.0150. The van der Waals surface area contributed by atoms with E-state index in [1.807, 2.05) is 30.3 Å². The Morgan fingerprint density at radius 1 is 1.06 bits per heavy atom. The number of ether oxygens (including phenoxy) is 2. The SMILES string of the molecule is O=C(COCC1CC1)N[C@H]1CCN(c2cccc(Oc3ccc(N4CCC4)nc3)c2)C1. The lowest BCUT2D eigenvalue weighted by molar-refractivity contribution is -0.126. The molecular weight excluding hydrogens is 392 g/mol. The van der Waals surface area contributed by atoms with Gasteiger partial charge in [-0.1, -0.05) is 6.07 Å². The highest BCUT2D eigenvalue weighted by molar-refractivity contribution is 5.77. The molecule has 2 aliphatic heterocycles. The second kappa shape index (κ2) is 9.14. The molecule has 0 bridgehead atoms. The van der Waals surface area contributed by atoms with Crippen molar-refractivity contribution in [2.24, 2.45) is 5.92 Å². The summed E-state index contributed by atoms with van der Waals surface area (Å²) in [5.41, 5.74) is 1.10. The molecule has 7 heteroatoms. The smallest absolute Gasteiger partial charge is 0.246 e. The van der Waals surface area contributed by atoms with E-state index in [4.69, 9.17) is 9.47 Å². The van der Waals surface area contributed by atoms with Crippen molar-refractivity contribution in [3.05, 3.63) is 42.6 Å². The molecule has 0 unspecified atom stereocenters. The molecule has 0 radical (unpaired) electrons. The van der Waals surface area contributed by atoms with Crippen molar-refractivity contribution in [2.45, 2.75) is 31.7 Å². The normalized spacial score (nSPS) is 20.5. The van der Waals surface area contributed by atoms with Crippen molar-refractivity contribution >= 4 is 17.4 Å². The number of aromatic nitrogens is 1. The van der Waals surface area contributed by atoms with E-state index in [0.29, 0.717) is 12.5 Å². The zero-order chi connectivity index (χ0) is 21.0. The van der Waals surface area contributed by atoms with Gasteiger partial charge in [-0.05, 0) is 55.9 Å². The fourth-order valence-corrected chi connectivity index (χ4v) is 4.03. The number of carbonyl (C=O) groups excluding carboxylic acids is 1. The lowest BCUT2D eigenvalue weighted by Gasteiger charge is -2.31. The molecule has 3 fully saturated rings. The number of rotatable bonds is 9. The number of benzene rings is 1. The van der Waals surface area contributed by atoms with Crippen molar-refractivity contribution in [3.63, 3.8) is 0 Å². The summed E-state index contributed by atoms with van der Waals surface area (Å²) in [5, 5.41) is 3.10. The number of hydrogen-bond donors (Lipinski definition) is 1. The zero-order valence-electron chi connectivity index (χ0n) is 17.8. The van der Waals surface area contributed by atoms with Gasteiger partial charge in [-0.15, -0.1) is 0 Å². The third-order valence-corrected chi connectivity index (χ3v) is 6.16. The molecule has 3 aliphatic rings. The summed E-state index contributed by atoms with van der Waals surface area (Å²) < 4.78 is 11.5. The summed E-state index contributed by atoms with van der Waals surface area (Å²) in [6.45, 7) is 4.75. The van der Waals surface area contributed by atoms with Gasteiger partial charge < -0.3 is 24.6 Å². The fourth-order valence-electron chi connectivity index (χ4n) is 4.03. The van der Waals surface area contributed by atoms with E-state index in [1.54, 1.807) is 6.20 Å². The highest BCUT2D eigenvalue weighted by Gasteiger charge is 2.25. The number of nitrogens with zero attached hydrogens (tertiary/aromatic N) is 3. The van der Waals surface area contributed by atoms with Gasteiger partial charge in [-0.3, -0.25) is 4.79 Å². The Bertz CT molecular complexity index is 896. The second-order valence-corrected chi connectivity index (χ2v) is 8.75. The zero-order valence-corrected chi connectivity index (χ0v) is 17.8. The molecule has 5 rings (SSSR count). The highest BCUT2D eigenvalue weighted by atomic mass is 16.5. The van der Waals surface area contributed by atoms with Crippen LogP contribution in [0.4, 0.5) is 11.5 Å². The van der Waals surface area contributed by atoms with Crippen LogP contribution in [0.15, 0.2) is 42.6 Å². The summed E-state index contributed by atoms with van der Waals surface area (Å²) in [6, 6.07) is 12.2. The largest absolute Gasteiger partial charge is 0.456 e. The molecule has 2 saturated heterocycles. The van der Waals surface area contributed by atoms with Crippen molar-refractivity contribution in [1.29, 1.82) is 0 Å². The first-order chi connectivity index (χ1) is 15.2. The van der Waals surface area contributed by atoms with E-state index >= 15 is 0 Å². The molecule has 1 aliphatic carbocycles. The van der Waals surface area contributed by atoms with Gasteiger partial charge in [0.1, 0.15) is 23.9 Å². The molecule has 31 heavy (non-hydrogen) atoms. The topological polar surface area (TPSA) is 66.9 Å². The van der Waals surface area contributed by atoms with E-state index in [0.717, 1.165) is 55.6 Å². The van der Waals surface area contributed by atoms with Crippen LogP contribution in [0.1, 0.15) is 25.7 Å². The number of hydrogen-bond acceptors (Lipinski definition) is 6. The first-order valence-corrected chi connectivity index (χ1v) is 11.3. The maximum absolute atomic E-state index is 12.1. The van der Waals surface area contributed by atoms with Gasteiger partial charge in [0, 0.05) is 44.0 Å². The van der Waals surface area contributed by atoms with E-state index in [1.165, 1.54) is 19.3 Å². The third-order valence-electron chi connectivity index (χ3n) is 6.16. The maximum Gasteiger partial charge on any atom is 0.246 e. The highest BCUT2D eigenvalue weighted by Crippen LogP contribution is 2.30. The molecule has 1 saturated carbocycles. The van der Waals surface area contributed by atoms with Crippen LogP contribution in [-0.2, 0) is 9.53 Å². The molecule has 1 N–H and O–H groups in total. The maximum atomic E-state index is 12.1. The van der Waals surface area contributed by atoms with Gasteiger partial charge in [-0.25, -0.2) is 4.98 Å². The molecule has 1 aromatic heterocycles. The Balaban J connectivity index is 1.12. The predicted octanol–water partition coefficient (Wildman–Crippen LogP) is 3.21. The lowest BCUT2D eigenvalue weighted by Crippen LogP contribution is -2.39. The first kappa shape index (κ1) is 20.1. The van der Waals surface area contributed by atoms with Crippen LogP contribution in [0.2, 0.25) is 0 Å². The molecule has 1 aromatic carbocycles. The average Bonchev–Trinajstić information content (AvgIpc) is 3.44. The lowest BCUT2D eigenvalue weighted by atomic mass is 10.2. The van der Waals surface area contributed by atoms with Crippen molar-refractivity contribution in [3.8, 4) is 11.5 Å². The Kier molecular flexibility index (Phi) is 5.93. The first-order valence-electron chi connectivity index (χ1n) is 11.3. The van der Waals surface area contributed by atoms with Gasteiger partial charge in [0.15, 0.2) is 0 Å². The molecule has 2 aromatic rings. The Hall–Kier alpha value is -2.80. The van der Waals surface area contributed by atoms with E-state index in [9.17, 15) is 4.79 Å². The van der Waals surface area contributed by atoms with Gasteiger partial charge in [0.2, 0.25) is 5.91 Å². The van der Waals surface area contributed by atoms with E-state index in [-0.39, 0.29) is 18.6 Å². The third kappa shape index (κ3) is 5.28. The average molecular weight is 423 g/mol. The van der Waals surface area contributed by atoms with Crippen LogP contribution >= 0.6 is 0 Å². The van der Waals surface area contributed by atoms with Crippen molar-refractivity contribution in [1.82, 2.24) is 10.3 Å². The molecule has 1 atom stereocenters. The molecule has 0 spiro atoms. The molecule has 3 heterocycles. The standard InChI is InChI=1S/C24H30N4O3/c29-24(17-30-16-18-5-6-18)26-19-9-12-28(15-19)20-3-1-4-21(13-20)31-22-7-8-23(25-14-22)27-10-2-11-27/h1,3-4,7-8,13-14,18-19H,2,5-6,9-12,15-17H2,(H,26,29)/t19-/m0/s1. The molecule has 1 amide bonds. The van der Waals surface area contributed by atoms with E-state index in [2.05, 4.69) is 26.2 Å². The summed E-state index contributed by atoms with van der Waals surface area (Å²) in [7, 11) is 0. The van der Waals surface area contributed by atoms with Crippen LogP contribution < -0.4 is 19.9 Å². The van der Waals surface area contributed by atoms with Crippen molar-refractivity contribution in [2.75, 3.05) is 49.2 Å². The van der Waals surface area contributed by atoms with Crippen LogP contribution in [0.25, 0.3) is 0 Å². The fraction of sp³-hybridized carbons (Fsp3) is 0.500. The minimum absolute atomic E-state index is 0.0150. The van der Waals surface area contributed by atoms with Gasteiger partial charge in [0.05, 0.1) is 12.8 Å². The van der Waals surface area contributed by atoms with Crippen LogP contribution in [0.3, 0.4) is 0 Å². The monoisotopic (exact) mass is 422 g/mol. The molecule has 164 valence electrons. The van der Waals surface area contributed by atoms with Gasteiger partial charge >= 0.3 is 0 Å². The summed E-state index contributed by atoms with van der Waals surface area (Å²) >= 11 is 0. The number of nitrogens with one attached hydrogen (secondary N) is 1. The van der Waals surface area contributed by atoms with E-state index < -0.39 is 0 Å². The minimum Gasteiger partial charge on any atom is -0.456 e. The number of anilines is 2. The number of pyridine rings is 1. The Morgan fingerprint density at radius 3 is 2.71 bits per heavy atom. The van der Waals surface area contributed by atoms with Gasteiger partial charge in [0.25, 0.3) is 0 Å². The summed E-state index contributed by atoms with van der Waals surface area (Å²) in [5.74, 6) is 3.20. The van der Waals surface area contributed by atoms with Crippen LogP contribution in [0.5, 0.6) is 11.5 Å². The van der Waals surface area contributed by atoms with Crippen LogP contribution in [-0.4, -0.2) is 56.3 Å². The second-order valence-electron chi connectivity index (χ2n) is 8.75. The quantitative estimate of drug-likeness (QED) is 0.669. The van der Waals surface area contributed by atoms with Crippen LogP contribution in [0, 0.1) is 5.92 Å². The van der Waals surface area contributed by atoms with Crippen molar-refractivity contribution < 1.29 is 14.3 Å². The summed E-state index contributed by atoms with van der Waals surface area (Å²) in [4.78, 5) is 21.2. The summed E-state index contributed by atoms with van der Waals surface area (Å²) in [6.07, 6.45) is 6.43. The Labute approximate surface area is 183 Å². The molecular formula is C24H30N4O3. The van der Waals surface area contributed by atoms with Gasteiger partial charge in [-0.2, -0.15) is 0 Å². The number of amides is 1. The Morgan fingerprint density at radius 2 is 1.97 bits per heavy atom. The predicted molar refractivity (Wildman–Crippen MR) is 120 cm³/mol. The number of carbonyl (C=O) groups is 1.